The molecule has 0 aromatic heterocycles. The van der Waals surface area contributed by atoms with Crippen molar-refractivity contribution in [1.82, 2.24) is 31.1 Å². The van der Waals surface area contributed by atoms with Crippen LogP contribution in [-0.4, -0.2) is 167 Å². The Balaban J connectivity index is 0.000000243. The summed E-state index contributed by atoms with van der Waals surface area (Å²) in [5.74, 6) is -7.65. The predicted octanol–water partition coefficient (Wildman–Crippen LogP) is -4.60. The van der Waals surface area contributed by atoms with E-state index in [1.807, 2.05) is 13.8 Å². The Labute approximate surface area is 355 Å². The number of esters is 1. The number of carbonyl (C=O) groups is 4. The quantitative estimate of drug-likeness (QED) is 0.0553. The summed E-state index contributed by atoms with van der Waals surface area (Å²) in [6, 6.07) is 4.01. The second-order valence-corrected chi connectivity index (χ2v) is 15.9. The van der Waals surface area contributed by atoms with Gasteiger partial charge in [-0.25, -0.2) is 29.4 Å². The zero-order valence-corrected chi connectivity index (χ0v) is 33.9. The first kappa shape index (κ1) is 45.8. The lowest BCUT2D eigenvalue weighted by atomic mass is 9.86. The predicted molar refractivity (Wildman–Crippen MR) is 210 cm³/mol. The molecule has 28 heteroatoms. The molecule has 3 amide bonds. The molecule has 60 heavy (non-hydrogen) atoms. The Kier molecular flexibility index (Phi) is 12.7. The van der Waals surface area contributed by atoms with Crippen LogP contribution in [0.1, 0.15) is 24.2 Å². The molecule has 6 aliphatic rings. The standard InChI is InChI=1S/C20H21Cl3N6O7.C10H17N7O5.C2H6/c1-9-25-13-11(8-35-16(24)32)26-17(27-15(31)20(21,22)23)29-7-12(19(33,34)18(13,29)28-9)36-14(30)10-5-3-2-4-6-10;11-6-15-5-3(2-22-8(13)19)14-7(12)17-1-4(18)10(20,21)9(5,17)16-6;1-2/h2-6,11-13,25,28,33-34H,1,7-8H2,(H2,24,32)(H,26,27,31);3-5,18,20-21H,1-2H2,(H2,12,14)(H2,13,19)(H3,11,15,16);1-2H3/t11-,12-,13-,18-;3-,4-,5-,9-;/m00./s1. The van der Waals surface area contributed by atoms with Gasteiger partial charge in [0.05, 0.1) is 24.5 Å². The van der Waals surface area contributed by atoms with E-state index in [9.17, 15) is 44.7 Å². The third-order valence-electron chi connectivity index (χ3n) is 10.1. The number of hydrogen-bond acceptors (Lipinski definition) is 22. The summed E-state index contributed by atoms with van der Waals surface area (Å²) in [6.45, 7) is 6.51. The molecular weight excluding hydrogens is 865 g/mol. The number of rotatable bonds is 6. The maximum absolute atomic E-state index is 12.7. The van der Waals surface area contributed by atoms with E-state index in [1.54, 1.807) is 18.2 Å². The third-order valence-corrected chi connectivity index (χ3v) is 10.7. The number of benzene rings is 1. The summed E-state index contributed by atoms with van der Waals surface area (Å²) in [6.07, 6.45) is -5.23. The van der Waals surface area contributed by atoms with Crippen LogP contribution in [0.25, 0.3) is 0 Å². The van der Waals surface area contributed by atoms with E-state index in [0.29, 0.717) is 0 Å². The summed E-state index contributed by atoms with van der Waals surface area (Å²) < 4.78 is 12.7. The first-order valence-corrected chi connectivity index (χ1v) is 19.0. The molecule has 25 nitrogen and oxygen atoms in total. The SMILES string of the molecule is C=C1N[C@H]2[C@H](COC(N)=O)N=C(NC(=O)C(Cl)(Cl)Cl)N3C[C@H](OC(=O)c4ccccc4)C(O)(O)[C@]23N1.CC.NC(=O)OC[C@@H]1N=C(N)N2C[C@H](O)C(O)(O)[C@@]23NC(N)=N[C@@H]13. The zero-order chi connectivity index (χ0) is 44.7. The minimum atomic E-state index is -2.81. The van der Waals surface area contributed by atoms with Crippen molar-refractivity contribution >= 4 is 76.7 Å². The van der Waals surface area contributed by atoms with Gasteiger partial charge >= 0.3 is 18.2 Å². The van der Waals surface area contributed by atoms with Crippen molar-refractivity contribution < 1.29 is 58.9 Å². The number of hydrogen-bond donors (Lipinski definition) is 13. The molecule has 0 saturated carbocycles. The molecule has 6 aliphatic heterocycles. The summed E-state index contributed by atoms with van der Waals surface area (Å²) in [5.41, 5.74) is 18.0. The zero-order valence-electron chi connectivity index (χ0n) is 31.7. The van der Waals surface area contributed by atoms with Crippen LogP contribution >= 0.6 is 34.8 Å². The number of alkyl halides is 3. The molecule has 0 unspecified atom stereocenters. The minimum absolute atomic E-state index is 0.0734. The maximum Gasteiger partial charge on any atom is 0.404 e. The highest BCUT2D eigenvalue weighted by Gasteiger charge is 2.75. The number of aliphatic hydroxyl groups excluding tert-OH is 1. The maximum atomic E-state index is 12.7. The minimum Gasteiger partial charge on any atom is -0.451 e. The molecule has 0 radical (unpaired) electrons. The molecule has 3 fully saturated rings. The number of amides is 3. The molecular formula is C32H44Cl3N13O12. The van der Waals surface area contributed by atoms with Crippen LogP contribution in [0.5, 0.6) is 0 Å². The molecule has 0 aliphatic carbocycles. The number of ether oxygens (including phenoxy) is 3. The number of nitrogens with zero attached hydrogens (tertiary/aromatic N) is 5. The van der Waals surface area contributed by atoms with Crippen LogP contribution in [0.15, 0.2) is 57.7 Å². The van der Waals surface area contributed by atoms with E-state index >= 15 is 0 Å². The fourth-order valence-corrected chi connectivity index (χ4v) is 7.83. The summed E-state index contributed by atoms with van der Waals surface area (Å²) in [7, 11) is 0. The van der Waals surface area contributed by atoms with Crippen molar-refractivity contribution in [3.05, 3.63) is 48.3 Å². The normalized spacial score (nSPS) is 31.1. The van der Waals surface area contributed by atoms with Gasteiger partial charge in [0.25, 0.3) is 9.70 Å². The molecule has 0 bridgehead atoms. The van der Waals surface area contributed by atoms with Crippen molar-refractivity contribution in [3.63, 3.8) is 0 Å². The van der Waals surface area contributed by atoms with Gasteiger partial charge in [0, 0.05) is 0 Å². The van der Waals surface area contributed by atoms with E-state index in [4.69, 9.17) is 71.9 Å². The Hall–Kier alpha value is -5.28. The fraction of sp³-hybridized carbons (Fsp3) is 0.531. The smallest absolute Gasteiger partial charge is 0.404 e. The van der Waals surface area contributed by atoms with E-state index in [2.05, 4.69) is 42.8 Å². The van der Waals surface area contributed by atoms with E-state index in [1.165, 1.54) is 21.9 Å². The van der Waals surface area contributed by atoms with Crippen molar-refractivity contribution in [2.75, 3.05) is 26.3 Å². The molecule has 17 N–H and O–H groups in total. The van der Waals surface area contributed by atoms with Crippen LogP contribution in [0.3, 0.4) is 0 Å². The van der Waals surface area contributed by atoms with Gasteiger partial charge < -0.3 is 88.4 Å². The lowest BCUT2D eigenvalue weighted by molar-refractivity contribution is -0.257. The summed E-state index contributed by atoms with van der Waals surface area (Å²) >= 11 is 17.1. The van der Waals surface area contributed by atoms with E-state index in [0.717, 1.165) is 0 Å². The molecule has 7 rings (SSSR count). The van der Waals surface area contributed by atoms with E-state index in [-0.39, 0.29) is 49.0 Å². The van der Waals surface area contributed by atoms with Crippen molar-refractivity contribution in [1.29, 1.82) is 0 Å². The number of carbonyl (C=O) groups excluding carboxylic acids is 4. The van der Waals surface area contributed by atoms with Crippen LogP contribution in [-0.2, 0) is 19.0 Å². The molecule has 1 aromatic rings. The van der Waals surface area contributed by atoms with Crippen molar-refractivity contribution in [3.8, 4) is 0 Å². The summed E-state index contributed by atoms with van der Waals surface area (Å²) in [5, 5.41) is 64.4. The largest absolute Gasteiger partial charge is 0.451 e. The Morgan fingerprint density at radius 1 is 0.900 bits per heavy atom. The number of aliphatic hydroxyl groups is 5. The molecule has 330 valence electrons. The Morgan fingerprint density at radius 2 is 1.50 bits per heavy atom. The van der Waals surface area contributed by atoms with Gasteiger partial charge in [-0.3, -0.25) is 10.1 Å². The Morgan fingerprint density at radius 3 is 2.08 bits per heavy atom. The van der Waals surface area contributed by atoms with Crippen LogP contribution in [0.2, 0.25) is 0 Å². The highest BCUT2D eigenvalue weighted by Crippen LogP contribution is 2.47. The molecule has 6 heterocycles. The van der Waals surface area contributed by atoms with Crippen LogP contribution < -0.4 is 44.2 Å². The van der Waals surface area contributed by atoms with Gasteiger partial charge in [0.2, 0.25) is 17.5 Å². The van der Waals surface area contributed by atoms with Crippen LogP contribution in [0, 0.1) is 0 Å². The second kappa shape index (κ2) is 16.6. The second-order valence-electron chi connectivity index (χ2n) is 13.6. The lowest BCUT2D eigenvalue weighted by Gasteiger charge is -2.49. The first-order chi connectivity index (χ1) is 28.0. The molecule has 3 saturated heterocycles. The highest BCUT2D eigenvalue weighted by atomic mass is 35.6. The van der Waals surface area contributed by atoms with Crippen LogP contribution in [0.4, 0.5) is 9.59 Å². The van der Waals surface area contributed by atoms with Gasteiger partial charge in [0.15, 0.2) is 29.3 Å². The molecule has 8 atom stereocenters. The average molecular weight is 909 g/mol. The number of halogens is 3. The number of guanidine groups is 3. The van der Waals surface area contributed by atoms with Gasteiger partial charge in [-0.05, 0) is 12.1 Å². The highest BCUT2D eigenvalue weighted by molar-refractivity contribution is 6.76. The van der Waals surface area contributed by atoms with Gasteiger partial charge in [-0.15, -0.1) is 0 Å². The number of nitrogens with two attached hydrogens (primary N) is 4. The fourth-order valence-electron chi connectivity index (χ4n) is 7.69. The molecule has 2 spiro atoms. The topological polar surface area (TPSA) is 393 Å². The van der Waals surface area contributed by atoms with Gasteiger partial charge in [-0.1, -0.05) is 73.4 Å². The van der Waals surface area contributed by atoms with Crippen molar-refractivity contribution in [2.45, 2.75) is 76.9 Å². The van der Waals surface area contributed by atoms with E-state index < -0.39 is 93.7 Å². The number of nitrogens with one attached hydrogen (secondary N) is 4. The van der Waals surface area contributed by atoms with Gasteiger partial charge in [-0.2, -0.15) is 0 Å². The number of primary amides is 2. The first-order valence-electron chi connectivity index (χ1n) is 17.8. The third kappa shape index (κ3) is 7.77. The molecule has 1 aromatic carbocycles. The monoisotopic (exact) mass is 907 g/mol. The summed E-state index contributed by atoms with van der Waals surface area (Å²) in [4.78, 5) is 62.3. The van der Waals surface area contributed by atoms with Crippen molar-refractivity contribution in [2.24, 2.45) is 37.9 Å². The number of aliphatic imine (C=N–C) groups is 3. The average Bonchev–Trinajstić information content (AvgIpc) is 3.85. The Bertz CT molecular complexity index is 1970. The van der Waals surface area contributed by atoms with Gasteiger partial charge in [0.1, 0.15) is 43.5 Å². The lowest BCUT2D eigenvalue weighted by Crippen LogP contribution is -2.77.